The van der Waals surface area contributed by atoms with Crippen LogP contribution in [0.15, 0.2) is 24.3 Å². The summed E-state index contributed by atoms with van der Waals surface area (Å²) in [7, 11) is 0. The highest BCUT2D eigenvalue weighted by atomic mass is 16.1. The zero-order chi connectivity index (χ0) is 19.0. The number of piperidine rings is 1. The van der Waals surface area contributed by atoms with Gasteiger partial charge in [-0.2, -0.15) is 0 Å². The molecule has 27 heavy (non-hydrogen) atoms. The third-order valence-corrected chi connectivity index (χ3v) is 7.95. The van der Waals surface area contributed by atoms with Crippen LogP contribution >= 0.6 is 0 Å². The summed E-state index contributed by atoms with van der Waals surface area (Å²) in [6.45, 7) is 8.84. The lowest BCUT2D eigenvalue weighted by atomic mass is 9.56. The topological polar surface area (TPSA) is 20.3 Å². The van der Waals surface area contributed by atoms with Crippen molar-refractivity contribution in [2.24, 2.45) is 17.3 Å². The molecule has 3 aliphatic rings. The van der Waals surface area contributed by atoms with Crippen LogP contribution in [0.3, 0.4) is 0 Å². The Morgan fingerprint density at radius 3 is 2.15 bits per heavy atom. The molecule has 1 aliphatic heterocycles. The zero-order valence-corrected chi connectivity index (χ0v) is 17.5. The predicted molar refractivity (Wildman–Crippen MR) is 112 cm³/mol. The van der Waals surface area contributed by atoms with E-state index in [4.69, 9.17) is 0 Å². The highest BCUT2D eigenvalue weighted by Crippen LogP contribution is 2.55. The minimum atomic E-state index is 0.216. The van der Waals surface area contributed by atoms with Crippen molar-refractivity contribution in [2.75, 3.05) is 13.1 Å². The van der Waals surface area contributed by atoms with Crippen LogP contribution < -0.4 is 0 Å². The Labute approximate surface area is 165 Å². The number of hydrogen-bond donors (Lipinski definition) is 0. The number of ketones is 1. The number of aryl methyl sites for hydroxylation is 1. The number of benzene rings is 1. The molecule has 1 aromatic carbocycles. The molecule has 1 spiro atoms. The van der Waals surface area contributed by atoms with Crippen molar-refractivity contribution in [1.82, 2.24) is 4.90 Å². The van der Waals surface area contributed by atoms with Crippen molar-refractivity contribution in [3.63, 3.8) is 0 Å². The second-order valence-corrected chi connectivity index (χ2v) is 10.1. The summed E-state index contributed by atoms with van der Waals surface area (Å²) >= 11 is 0. The van der Waals surface area contributed by atoms with E-state index in [0.717, 1.165) is 24.8 Å². The molecule has 148 valence electrons. The smallest absolute Gasteiger partial charge is 0.138 e. The lowest BCUT2D eigenvalue weighted by molar-refractivity contribution is -0.129. The molecule has 2 heteroatoms. The molecule has 1 aromatic rings. The molecule has 2 saturated carbocycles. The molecule has 0 bridgehead atoms. The maximum Gasteiger partial charge on any atom is 0.138 e. The summed E-state index contributed by atoms with van der Waals surface area (Å²) in [5.41, 5.74) is 3.49. The van der Waals surface area contributed by atoms with Crippen LogP contribution in [0.25, 0.3) is 0 Å². The van der Waals surface area contributed by atoms with E-state index in [9.17, 15) is 4.79 Å². The largest absolute Gasteiger partial charge is 0.300 e. The lowest BCUT2D eigenvalue weighted by Crippen LogP contribution is -2.54. The fraction of sp³-hybridized carbons (Fsp3) is 0.720. The van der Waals surface area contributed by atoms with Crippen molar-refractivity contribution in [3.8, 4) is 0 Å². The van der Waals surface area contributed by atoms with Gasteiger partial charge in [0.05, 0.1) is 0 Å². The van der Waals surface area contributed by atoms with Gasteiger partial charge in [0.15, 0.2) is 0 Å². The second-order valence-electron chi connectivity index (χ2n) is 10.1. The fourth-order valence-corrected chi connectivity index (χ4v) is 6.03. The van der Waals surface area contributed by atoms with Crippen molar-refractivity contribution < 1.29 is 4.79 Å². The number of Topliss-reactive ketones (excluding diaryl/α,β-unsaturated/α-hetero) is 1. The minimum Gasteiger partial charge on any atom is -0.300 e. The first kappa shape index (κ1) is 19.2. The second kappa shape index (κ2) is 7.70. The van der Waals surface area contributed by atoms with Gasteiger partial charge in [-0.15, -0.1) is 0 Å². The van der Waals surface area contributed by atoms with Gasteiger partial charge in [-0.1, -0.05) is 43.7 Å². The molecule has 1 heterocycles. The highest BCUT2D eigenvalue weighted by molar-refractivity contribution is 5.82. The van der Waals surface area contributed by atoms with Gasteiger partial charge in [0, 0.05) is 17.9 Å². The highest BCUT2D eigenvalue weighted by Gasteiger charge is 2.48. The molecule has 0 atom stereocenters. The maximum atomic E-state index is 12.3. The van der Waals surface area contributed by atoms with Crippen LogP contribution in [0.2, 0.25) is 0 Å². The Morgan fingerprint density at radius 1 is 1.00 bits per heavy atom. The first-order chi connectivity index (χ1) is 13.0. The molecule has 3 fully saturated rings. The molecule has 0 aromatic heterocycles. The number of carbonyl (C=O) groups excluding carboxylic acids is 1. The number of nitrogens with zero attached hydrogens (tertiary/aromatic N) is 1. The van der Waals surface area contributed by atoms with Crippen molar-refractivity contribution in [2.45, 2.75) is 84.1 Å². The van der Waals surface area contributed by atoms with Gasteiger partial charge < -0.3 is 4.90 Å². The Balaban J connectivity index is 1.23. The van der Waals surface area contributed by atoms with Crippen molar-refractivity contribution >= 4 is 5.78 Å². The third-order valence-electron chi connectivity index (χ3n) is 7.95. The molecule has 0 radical (unpaired) electrons. The number of hydrogen-bond acceptors (Lipinski definition) is 2. The Hall–Kier alpha value is -1.15. The number of rotatable bonds is 4. The molecule has 0 N–H and O–H groups in total. The summed E-state index contributed by atoms with van der Waals surface area (Å²) in [5, 5.41) is 0. The van der Waals surface area contributed by atoms with E-state index in [1.807, 2.05) is 0 Å². The molecular weight excluding hydrogens is 330 g/mol. The average molecular weight is 368 g/mol. The van der Waals surface area contributed by atoms with Crippen LogP contribution in [0.1, 0.15) is 82.3 Å². The third kappa shape index (κ3) is 4.01. The van der Waals surface area contributed by atoms with Crippen LogP contribution in [0.4, 0.5) is 0 Å². The predicted octanol–water partition coefficient (Wildman–Crippen LogP) is 5.74. The SMILES string of the molecule is Cc1ccc(C2CCN(C3CC4(CCC(C(=O)C(C)C)CC4)C3)CC2)cc1. The summed E-state index contributed by atoms with van der Waals surface area (Å²) in [6, 6.07) is 10.0. The molecule has 0 unspecified atom stereocenters. The van der Waals surface area contributed by atoms with Gasteiger partial charge in [0.25, 0.3) is 0 Å². The first-order valence-electron chi connectivity index (χ1n) is 11.3. The fourth-order valence-electron chi connectivity index (χ4n) is 6.03. The standard InChI is InChI=1S/C25H37NO/c1-18(2)24(27)22-8-12-25(13-9-22)16-23(17-25)26-14-10-21(11-15-26)20-6-4-19(3)5-7-20/h4-7,18,21-23H,8-17H2,1-3H3. The van der Waals surface area contributed by atoms with E-state index in [2.05, 4.69) is 49.9 Å². The van der Waals surface area contributed by atoms with E-state index in [-0.39, 0.29) is 5.92 Å². The van der Waals surface area contributed by atoms with E-state index < -0.39 is 0 Å². The summed E-state index contributed by atoms with van der Waals surface area (Å²) < 4.78 is 0. The molecule has 2 aliphatic carbocycles. The quantitative estimate of drug-likeness (QED) is 0.676. The normalized spacial score (nSPS) is 32.6. The van der Waals surface area contributed by atoms with E-state index >= 15 is 0 Å². The van der Waals surface area contributed by atoms with Crippen LogP contribution in [0.5, 0.6) is 0 Å². The van der Waals surface area contributed by atoms with Gasteiger partial charge in [-0.3, -0.25) is 4.79 Å². The van der Waals surface area contributed by atoms with Gasteiger partial charge in [-0.25, -0.2) is 0 Å². The minimum absolute atomic E-state index is 0.216. The summed E-state index contributed by atoms with van der Waals surface area (Å²) in [6.07, 6.45) is 10.3. The average Bonchev–Trinajstić information content (AvgIpc) is 2.66. The molecule has 4 rings (SSSR count). The molecule has 2 nitrogen and oxygen atoms in total. The van der Waals surface area contributed by atoms with Crippen LogP contribution in [-0.4, -0.2) is 29.8 Å². The van der Waals surface area contributed by atoms with E-state index in [1.165, 1.54) is 57.2 Å². The molecule has 1 saturated heterocycles. The van der Waals surface area contributed by atoms with Crippen LogP contribution in [0, 0.1) is 24.2 Å². The van der Waals surface area contributed by atoms with E-state index in [0.29, 0.717) is 17.1 Å². The van der Waals surface area contributed by atoms with Crippen molar-refractivity contribution in [3.05, 3.63) is 35.4 Å². The lowest BCUT2D eigenvalue weighted by Gasteiger charge is -2.56. The van der Waals surface area contributed by atoms with Crippen molar-refractivity contribution in [1.29, 1.82) is 0 Å². The van der Waals surface area contributed by atoms with Gasteiger partial charge >= 0.3 is 0 Å². The summed E-state index contributed by atoms with van der Waals surface area (Å²) in [4.78, 5) is 15.1. The maximum absolute atomic E-state index is 12.3. The monoisotopic (exact) mass is 367 g/mol. The molecular formula is C25H37NO. The zero-order valence-electron chi connectivity index (χ0n) is 17.5. The Kier molecular flexibility index (Phi) is 5.47. The first-order valence-corrected chi connectivity index (χ1v) is 11.3. The Bertz CT molecular complexity index is 637. The summed E-state index contributed by atoms with van der Waals surface area (Å²) in [5.74, 6) is 1.85. The number of likely N-dealkylation sites (tertiary alicyclic amines) is 1. The Morgan fingerprint density at radius 2 is 1.59 bits per heavy atom. The van der Waals surface area contributed by atoms with Crippen LogP contribution in [-0.2, 0) is 4.79 Å². The van der Waals surface area contributed by atoms with Gasteiger partial charge in [0.1, 0.15) is 5.78 Å². The van der Waals surface area contributed by atoms with Gasteiger partial charge in [0.2, 0.25) is 0 Å². The molecule has 0 amide bonds. The van der Waals surface area contributed by atoms with Gasteiger partial charge in [-0.05, 0) is 88.3 Å². The number of carbonyl (C=O) groups is 1. The van der Waals surface area contributed by atoms with E-state index in [1.54, 1.807) is 5.56 Å².